The molecule has 0 spiro atoms. The van der Waals surface area contributed by atoms with Gasteiger partial charge in [0, 0.05) is 5.02 Å². The van der Waals surface area contributed by atoms with E-state index in [9.17, 15) is 12.8 Å². The molecule has 0 fully saturated rings. The summed E-state index contributed by atoms with van der Waals surface area (Å²) in [4.78, 5) is 0.149. The molecule has 0 bridgehead atoms. The van der Waals surface area contributed by atoms with Gasteiger partial charge in [-0.05, 0) is 36.8 Å². The Labute approximate surface area is 116 Å². The van der Waals surface area contributed by atoms with Crippen molar-refractivity contribution >= 4 is 27.3 Å². The van der Waals surface area contributed by atoms with Gasteiger partial charge in [-0.25, -0.2) is 12.8 Å². The number of aryl methyl sites for hydroxylation is 1. The highest BCUT2D eigenvalue weighted by Crippen LogP contribution is 2.22. The summed E-state index contributed by atoms with van der Waals surface area (Å²) >= 11 is 5.68. The van der Waals surface area contributed by atoms with Crippen LogP contribution in [0.2, 0.25) is 5.02 Å². The monoisotopic (exact) mass is 299 g/mol. The average Bonchev–Trinajstić information content (AvgIpc) is 2.26. The Morgan fingerprint density at radius 3 is 2.47 bits per heavy atom. The van der Waals surface area contributed by atoms with E-state index in [1.165, 1.54) is 12.1 Å². The van der Waals surface area contributed by atoms with Crippen molar-refractivity contribution in [2.45, 2.75) is 11.8 Å². The minimum absolute atomic E-state index is 0.0910. The van der Waals surface area contributed by atoms with Crippen LogP contribution in [-0.2, 0) is 10.0 Å². The van der Waals surface area contributed by atoms with Crippen molar-refractivity contribution in [3.63, 3.8) is 0 Å². The topological polar surface area (TPSA) is 46.2 Å². The summed E-state index contributed by atoms with van der Waals surface area (Å²) in [5, 5.41) is 0.127. The fourth-order valence-corrected chi connectivity index (χ4v) is 3.19. The molecule has 19 heavy (non-hydrogen) atoms. The van der Waals surface area contributed by atoms with E-state index in [-0.39, 0.29) is 15.6 Å². The van der Waals surface area contributed by atoms with Crippen LogP contribution in [0.3, 0.4) is 0 Å². The standard InChI is InChI=1S/C13H11ClFNO2S/c1-9-4-2-3-5-13(9)19(17,18)16-12-7-10(14)6-11(15)8-12/h2-8,16H,1H3. The lowest BCUT2D eigenvalue weighted by Crippen LogP contribution is -2.14. The number of benzene rings is 2. The Kier molecular flexibility index (Phi) is 3.78. The van der Waals surface area contributed by atoms with Crippen LogP contribution in [0.4, 0.5) is 10.1 Å². The molecule has 0 aliphatic heterocycles. The molecule has 0 saturated carbocycles. The number of hydrogen-bond acceptors (Lipinski definition) is 2. The molecule has 0 aliphatic carbocycles. The van der Waals surface area contributed by atoms with Gasteiger partial charge in [0.1, 0.15) is 5.82 Å². The van der Waals surface area contributed by atoms with E-state index in [4.69, 9.17) is 11.6 Å². The number of halogens is 2. The van der Waals surface area contributed by atoms with Crippen LogP contribution in [0.25, 0.3) is 0 Å². The van der Waals surface area contributed by atoms with Gasteiger partial charge in [0.25, 0.3) is 10.0 Å². The maximum Gasteiger partial charge on any atom is 0.262 e. The Hall–Kier alpha value is -1.59. The van der Waals surface area contributed by atoms with Gasteiger partial charge < -0.3 is 0 Å². The summed E-state index contributed by atoms with van der Waals surface area (Å²) < 4.78 is 39.8. The highest BCUT2D eigenvalue weighted by molar-refractivity contribution is 7.92. The zero-order valence-electron chi connectivity index (χ0n) is 10.0. The van der Waals surface area contributed by atoms with Crippen LogP contribution in [0.1, 0.15) is 5.56 Å². The molecule has 0 atom stereocenters. The summed E-state index contributed by atoms with van der Waals surface area (Å²) in [6.07, 6.45) is 0. The van der Waals surface area contributed by atoms with Gasteiger partial charge in [-0.3, -0.25) is 4.72 Å². The third kappa shape index (κ3) is 3.24. The predicted molar refractivity (Wildman–Crippen MR) is 73.4 cm³/mol. The molecule has 3 nitrogen and oxygen atoms in total. The van der Waals surface area contributed by atoms with E-state index >= 15 is 0 Å². The number of nitrogens with one attached hydrogen (secondary N) is 1. The van der Waals surface area contributed by atoms with Crippen molar-refractivity contribution < 1.29 is 12.8 Å². The summed E-state index contributed by atoms with van der Waals surface area (Å²) in [6, 6.07) is 10.1. The lowest BCUT2D eigenvalue weighted by molar-refractivity contribution is 0.600. The molecule has 2 rings (SSSR count). The molecule has 2 aromatic carbocycles. The second-order valence-electron chi connectivity index (χ2n) is 4.03. The van der Waals surface area contributed by atoms with E-state index in [0.29, 0.717) is 5.56 Å². The highest BCUT2D eigenvalue weighted by atomic mass is 35.5. The summed E-state index contributed by atoms with van der Waals surface area (Å²) in [6.45, 7) is 1.69. The van der Waals surface area contributed by atoms with Crippen molar-refractivity contribution in [1.29, 1.82) is 0 Å². The molecular formula is C13H11ClFNO2S. The van der Waals surface area contributed by atoms with Gasteiger partial charge in [-0.1, -0.05) is 29.8 Å². The quantitative estimate of drug-likeness (QED) is 0.941. The fraction of sp³-hybridized carbons (Fsp3) is 0.0769. The van der Waals surface area contributed by atoms with Crippen molar-refractivity contribution in [3.05, 3.63) is 58.9 Å². The van der Waals surface area contributed by atoms with Crippen LogP contribution in [0.5, 0.6) is 0 Å². The van der Waals surface area contributed by atoms with Gasteiger partial charge in [0.2, 0.25) is 0 Å². The van der Waals surface area contributed by atoms with Crippen LogP contribution >= 0.6 is 11.6 Å². The van der Waals surface area contributed by atoms with Gasteiger partial charge in [0.15, 0.2) is 0 Å². The molecule has 6 heteroatoms. The first kappa shape index (κ1) is 13.8. The Balaban J connectivity index is 2.39. The first-order valence-corrected chi connectivity index (χ1v) is 7.29. The third-order valence-corrected chi connectivity index (χ3v) is 4.26. The molecule has 0 aromatic heterocycles. The largest absolute Gasteiger partial charge is 0.279 e. The van der Waals surface area contributed by atoms with Crippen molar-refractivity contribution in [1.82, 2.24) is 0 Å². The molecule has 1 N–H and O–H groups in total. The minimum atomic E-state index is -3.75. The summed E-state index contributed by atoms with van der Waals surface area (Å²) in [5.74, 6) is -0.602. The smallest absolute Gasteiger partial charge is 0.262 e. The Morgan fingerprint density at radius 1 is 1.16 bits per heavy atom. The molecule has 0 aliphatic rings. The van der Waals surface area contributed by atoms with Crippen molar-refractivity contribution in [2.75, 3.05) is 4.72 Å². The first-order valence-electron chi connectivity index (χ1n) is 5.43. The number of anilines is 1. The molecule has 100 valence electrons. The van der Waals surface area contributed by atoms with E-state index in [1.54, 1.807) is 25.1 Å². The zero-order valence-corrected chi connectivity index (χ0v) is 11.6. The van der Waals surface area contributed by atoms with Gasteiger partial charge in [-0.2, -0.15) is 0 Å². The number of rotatable bonds is 3. The summed E-state index contributed by atoms with van der Waals surface area (Å²) in [5.41, 5.74) is 0.700. The molecule has 0 radical (unpaired) electrons. The number of sulfonamides is 1. The lowest BCUT2D eigenvalue weighted by Gasteiger charge is -2.10. The van der Waals surface area contributed by atoms with E-state index in [2.05, 4.69) is 4.72 Å². The Bertz CT molecular complexity index is 696. The van der Waals surface area contributed by atoms with Crippen molar-refractivity contribution in [3.8, 4) is 0 Å². The number of hydrogen-bond donors (Lipinski definition) is 1. The minimum Gasteiger partial charge on any atom is -0.279 e. The SMILES string of the molecule is Cc1ccccc1S(=O)(=O)Nc1cc(F)cc(Cl)c1. The third-order valence-electron chi connectivity index (χ3n) is 2.50. The van der Waals surface area contributed by atoms with E-state index in [1.807, 2.05) is 0 Å². The normalized spacial score (nSPS) is 11.3. The summed E-state index contributed by atoms with van der Waals surface area (Å²) in [7, 11) is -3.75. The molecule has 0 saturated heterocycles. The fourth-order valence-electron chi connectivity index (χ4n) is 1.68. The molecule has 0 amide bonds. The Morgan fingerprint density at radius 2 is 1.84 bits per heavy atom. The lowest BCUT2D eigenvalue weighted by atomic mass is 10.2. The second kappa shape index (κ2) is 5.19. The molecule has 0 unspecified atom stereocenters. The molecular weight excluding hydrogens is 289 g/mol. The highest BCUT2D eigenvalue weighted by Gasteiger charge is 2.16. The van der Waals surface area contributed by atoms with Crippen LogP contribution in [-0.4, -0.2) is 8.42 Å². The molecule has 0 heterocycles. The van der Waals surface area contributed by atoms with Crippen LogP contribution < -0.4 is 4.72 Å². The van der Waals surface area contributed by atoms with Gasteiger partial charge >= 0.3 is 0 Å². The van der Waals surface area contributed by atoms with E-state index < -0.39 is 15.8 Å². The predicted octanol–water partition coefficient (Wildman–Crippen LogP) is 3.59. The van der Waals surface area contributed by atoms with Gasteiger partial charge in [0.05, 0.1) is 10.6 Å². The maximum atomic E-state index is 13.2. The zero-order chi connectivity index (χ0) is 14.0. The molecule has 2 aromatic rings. The van der Waals surface area contributed by atoms with Crippen LogP contribution in [0.15, 0.2) is 47.4 Å². The van der Waals surface area contributed by atoms with Gasteiger partial charge in [-0.15, -0.1) is 0 Å². The second-order valence-corrected chi connectivity index (χ2v) is 6.12. The average molecular weight is 300 g/mol. The first-order chi connectivity index (χ1) is 8.88. The maximum absolute atomic E-state index is 13.2. The van der Waals surface area contributed by atoms with Crippen molar-refractivity contribution in [2.24, 2.45) is 0 Å². The van der Waals surface area contributed by atoms with Crippen LogP contribution in [0, 0.1) is 12.7 Å². The van der Waals surface area contributed by atoms with E-state index in [0.717, 1.165) is 12.1 Å².